The lowest BCUT2D eigenvalue weighted by Gasteiger charge is -2.28. The number of rotatable bonds is 17. The SMILES string of the molecule is CCCCCCCCCCOc1ccc(C(=O)Oc2ccc(CSP3OC[C@H]4O[C@@H](n5cnc6c(N)ncnc65)[C@H](F)[C@@H]4OP(=O)(O)OC[C@H]4O[C@@H](n5ccc(=O)[nH]c5=O)[C@H](F)[C@@H]4O3)cc2)cc1. The van der Waals surface area contributed by atoms with Crippen molar-refractivity contribution in [3.63, 3.8) is 0 Å². The highest BCUT2D eigenvalue weighted by Crippen LogP contribution is 2.58. The number of H-pyrrole nitrogens is 1. The summed E-state index contributed by atoms with van der Waals surface area (Å²) in [6.07, 6.45) is -0.534. The Hall–Kier alpha value is -4.67. The van der Waals surface area contributed by atoms with E-state index in [-0.39, 0.29) is 28.5 Å². The first kappa shape index (κ1) is 49.7. The van der Waals surface area contributed by atoms with Crippen molar-refractivity contribution in [2.24, 2.45) is 0 Å². The number of anilines is 1. The molecule has 10 atom stereocenters. The van der Waals surface area contributed by atoms with Crippen LogP contribution < -0.4 is 26.5 Å². The van der Waals surface area contributed by atoms with Crippen LogP contribution in [-0.2, 0) is 37.9 Å². The number of fused-ring (bicyclic) bond motifs is 3. The summed E-state index contributed by atoms with van der Waals surface area (Å²) >= 11 is 1.10. The molecule has 6 heterocycles. The van der Waals surface area contributed by atoms with Crippen molar-refractivity contribution >= 4 is 49.7 Å². The van der Waals surface area contributed by atoms with E-state index in [4.69, 9.17) is 42.8 Å². The van der Waals surface area contributed by atoms with Crippen molar-refractivity contribution in [3.8, 4) is 11.5 Å². The number of aromatic nitrogens is 6. The minimum absolute atomic E-state index is 0.0273. The number of nitrogens with two attached hydrogens (primary N) is 1. The van der Waals surface area contributed by atoms with Crippen molar-refractivity contribution in [1.82, 2.24) is 29.1 Å². The molecule has 3 aliphatic heterocycles. The number of hydrogen-bond donors (Lipinski definition) is 3. The highest BCUT2D eigenvalue weighted by Gasteiger charge is 2.54. The fourth-order valence-corrected chi connectivity index (χ4v) is 11.8. The Morgan fingerprint density at radius 1 is 0.897 bits per heavy atom. The van der Waals surface area contributed by atoms with Crippen LogP contribution in [0.25, 0.3) is 11.2 Å². The van der Waals surface area contributed by atoms with Gasteiger partial charge in [0.1, 0.15) is 47.8 Å². The van der Waals surface area contributed by atoms with E-state index in [1.807, 2.05) is 4.98 Å². The Morgan fingerprint density at radius 3 is 2.31 bits per heavy atom. The highest BCUT2D eigenvalue weighted by atomic mass is 32.7. The van der Waals surface area contributed by atoms with E-state index in [1.54, 1.807) is 48.5 Å². The van der Waals surface area contributed by atoms with Gasteiger partial charge in [-0.2, -0.15) is 0 Å². The van der Waals surface area contributed by atoms with Gasteiger partial charge in [0.15, 0.2) is 36.3 Å². The number of ether oxygens (including phenoxy) is 4. The van der Waals surface area contributed by atoms with Gasteiger partial charge in [-0.25, -0.2) is 37.9 Å². The number of phosphoric ester groups is 1. The number of imidazole rings is 1. The van der Waals surface area contributed by atoms with Gasteiger partial charge < -0.3 is 38.6 Å². The average molecular weight is 1010 g/mol. The van der Waals surface area contributed by atoms with E-state index in [2.05, 4.69) is 21.9 Å². The van der Waals surface area contributed by atoms with E-state index in [0.29, 0.717) is 23.5 Å². The summed E-state index contributed by atoms with van der Waals surface area (Å²) in [5.74, 6) is 0.602. The number of halogens is 2. The maximum absolute atomic E-state index is 16.5. The number of nitrogens with zero attached hydrogens (tertiary/aromatic N) is 5. The number of benzene rings is 2. The van der Waals surface area contributed by atoms with Crippen LogP contribution in [0, 0.1) is 0 Å². The molecule has 68 heavy (non-hydrogen) atoms. The fraction of sp³-hybridized carbons (Fsp3) is 0.488. The molecule has 3 aromatic heterocycles. The van der Waals surface area contributed by atoms with Crippen molar-refractivity contribution in [3.05, 3.63) is 105 Å². The minimum atomic E-state index is -5.15. The normalized spacial score (nSPS) is 27.5. The number of esters is 1. The van der Waals surface area contributed by atoms with Gasteiger partial charge in [-0.05, 0) is 48.4 Å². The van der Waals surface area contributed by atoms with E-state index in [1.165, 1.54) is 49.4 Å². The Labute approximate surface area is 393 Å². The van der Waals surface area contributed by atoms with Crippen molar-refractivity contribution in [2.75, 3.05) is 25.6 Å². The van der Waals surface area contributed by atoms with E-state index in [9.17, 15) is 23.8 Å². The van der Waals surface area contributed by atoms with Gasteiger partial charge in [-0.15, -0.1) is 0 Å². The van der Waals surface area contributed by atoms with Crippen LogP contribution in [0.3, 0.4) is 0 Å². The second kappa shape index (κ2) is 22.8. The average Bonchev–Trinajstić information content (AvgIpc) is 3.98. The molecule has 2 aromatic carbocycles. The van der Waals surface area contributed by atoms with Crippen LogP contribution in [0.2, 0.25) is 0 Å². The molecule has 4 N–H and O–H groups in total. The number of carbonyl (C=O) groups excluding carboxylic acids is 1. The van der Waals surface area contributed by atoms with E-state index >= 15 is 8.78 Å². The smallest absolute Gasteiger partial charge is 0.472 e. The number of nitrogens with one attached hydrogen (secondary N) is 1. The molecule has 25 heteroatoms. The fourth-order valence-electron chi connectivity index (χ4n) is 7.78. The largest absolute Gasteiger partial charge is 0.494 e. The molecule has 3 aliphatic rings. The first-order chi connectivity index (χ1) is 32.9. The zero-order valence-corrected chi connectivity index (χ0v) is 39.4. The summed E-state index contributed by atoms with van der Waals surface area (Å²) in [5, 5.41) is 0. The lowest BCUT2D eigenvalue weighted by molar-refractivity contribution is -0.0598. The standard InChI is InChI=1S/C43H51F2N7O13P2S/c1-2-3-4-5-6-7-8-9-20-58-28-16-12-27(13-17-28)42(54)61-29-14-10-26(11-15-29)23-68-66-59-21-30-37(34(45)41(62-30)52-25-49-35-38(46)47-24-48-39(35)52)65-67(56,57)60-22-31-36(64-66)33(44)40(63-31)51-19-18-32(53)50-43(51)55/h10-19,24-25,30-31,33-34,36-37,40-41H,2-9,20-23H2,1H3,(H,56,57)(H2,46,47,48)(H,50,53,55)/t30-,31-,33-,34-,36-,37-,40-,41-,66?/m1/s1. The van der Waals surface area contributed by atoms with E-state index < -0.39 is 95.0 Å². The number of alkyl halides is 2. The molecule has 3 saturated heterocycles. The maximum Gasteiger partial charge on any atom is 0.472 e. The number of hydrogen-bond acceptors (Lipinski definition) is 17. The summed E-state index contributed by atoms with van der Waals surface area (Å²) in [6.45, 7) is 1.49. The maximum atomic E-state index is 16.5. The molecule has 5 aromatic rings. The summed E-state index contributed by atoms with van der Waals surface area (Å²) in [4.78, 5) is 62.6. The Balaban J connectivity index is 0.933. The lowest BCUT2D eigenvalue weighted by Crippen LogP contribution is -2.37. The summed E-state index contributed by atoms with van der Waals surface area (Å²) in [7, 11) is -7.36. The molecule has 20 nitrogen and oxygen atoms in total. The molecule has 0 saturated carbocycles. The quantitative estimate of drug-likeness (QED) is 0.0359. The molecule has 0 spiro atoms. The molecule has 3 fully saturated rings. The minimum Gasteiger partial charge on any atom is -0.494 e. The molecule has 0 aliphatic carbocycles. The first-order valence-corrected chi connectivity index (χ1v) is 26.4. The Morgan fingerprint density at radius 2 is 1.57 bits per heavy atom. The van der Waals surface area contributed by atoms with Crippen molar-refractivity contribution < 1.29 is 60.1 Å². The second-order valence-corrected chi connectivity index (χ2v) is 20.7. The van der Waals surface area contributed by atoms with Gasteiger partial charge in [-0.3, -0.25) is 28.0 Å². The topological polar surface area (TPSA) is 253 Å². The van der Waals surface area contributed by atoms with Gasteiger partial charge in [-0.1, -0.05) is 75.4 Å². The third-order valence-electron chi connectivity index (χ3n) is 11.4. The first-order valence-electron chi connectivity index (χ1n) is 22.1. The molecule has 366 valence electrons. The van der Waals surface area contributed by atoms with Crippen LogP contribution >= 0.6 is 26.8 Å². The Kier molecular flexibility index (Phi) is 16.7. The van der Waals surface area contributed by atoms with Crippen LogP contribution in [0.15, 0.2) is 83.0 Å². The van der Waals surface area contributed by atoms with E-state index in [0.717, 1.165) is 47.4 Å². The van der Waals surface area contributed by atoms with Gasteiger partial charge in [0, 0.05) is 18.0 Å². The molecule has 8 rings (SSSR count). The number of unbranched alkanes of at least 4 members (excludes halogenated alkanes) is 7. The lowest BCUT2D eigenvalue weighted by atomic mass is 10.1. The summed E-state index contributed by atoms with van der Waals surface area (Å²) in [6, 6.07) is 14.4. The molecular formula is C43H51F2N7O13P2S. The van der Waals surface area contributed by atoms with Crippen LogP contribution in [0.1, 0.15) is 86.7 Å². The van der Waals surface area contributed by atoms with Crippen LogP contribution in [-0.4, -0.2) is 96.5 Å². The van der Waals surface area contributed by atoms with Gasteiger partial charge in [0.2, 0.25) is 7.58 Å². The second-order valence-electron chi connectivity index (χ2n) is 16.2. The predicted molar refractivity (Wildman–Crippen MR) is 244 cm³/mol. The summed E-state index contributed by atoms with van der Waals surface area (Å²) < 4.78 is 94.8. The third-order valence-corrected chi connectivity index (χ3v) is 15.4. The number of phosphoric acid groups is 1. The number of nitrogen functional groups attached to an aromatic ring is 1. The summed E-state index contributed by atoms with van der Waals surface area (Å²) in [5.41, 5.74) is 5.55. The van der Waals surface area contributed by atoms with Gasteiger partial charge >= 0.3 is 19.5 Å². The van der Waals surface area contributed by atoms with Crippen molar-refractivity contribution in [2.45, 2.75) is 113 Å². The zero-order chi connectivity index (χ0) is 47.8. The third kappa shape index (κ3) is 12.2. The zero-order valence-electron chi connectivity index (χ0n) is 36.8. The predicted octanol–water partition coefficient (Wildman–Crippen LogP) is 7.25. The number of aromatic amines is 1. The van der Waals surface area contributed by atoms with Gasteiger partial charge in [0.05, 0.1) is 31.7 Å². The molecule has 0 radical (unpaired) electrons. The molecule has 2 unspecified atom stereocenters. The molecular weight excluding hydrogens is 955 g/mol. The monoisotopic (exact) mass is 1010 g/mol. The molecule has 0 bridgehead atoms. The highest BCUT2D eigenvalue weighted by molar-refractivity contribution is 8.52. The van der Waals surface area contributed by atoms with Gasteiger partial charge in [0.25, 0.3) is 5.56 Å². The van der Waals surface area contributed by atoms with Crippen LogP contribution in [0.5, 0.6) is 11.5 Å². The van der Waals surface area contributed by atoms with Crippen LogP contribution in [0.4, 0.5) is 14.6 Å². The van der Waals surface area contributed by atoms with Crippen molar-refractivity contribution in [1.29, 1.82) is 0 Å². The Bertz CT molecular complexity index is 2650. The number of carbonyl (C=O) groups is 1. The molecule has 0 amide bonds.